The zero-order valence-electron chi connectivity index (χ0n) is 9.87. The molecule has 0 aliphatic rings. The minimum absolute atomic E-state index is 0.121. The smallest absolute Gasteiger partial charge is 0.0508 e. The summed E-state index contributed by atoms with van der Waals surface area (Å²) in [6.45, 7) is 6.54. The Bertz CT molecular complexity index is 300. The van der Waals surface area contributed by atoms with E-state index in [4.69, 9.17) is 5.84 Å². The minimum atomic E-state index is 0.121. The minimum Gasteiger partial charge on any atom is -0.271 e. The summed E-state index contributed by atoms with van der Waals surface area (Å²) in [6, 6.07) is 8.74. The molecule has 0 aliphatic heterocycles. The SMILES string of the molecule is CSc1ccc(C(NN)C(C)(C)C)cc1. The fourth-order valence-corrected chi connectivity index (χ4v) is 2.05. The van der Waals surface area contributed by atoms with Crippen LogP contribution in [0, 0.1) is 5.41 Å². The Hall–Kier alpha value is -0.510. The number of thioether (sulfide) groups is 1. The molecule has 0 aromatic heterocycles. The zero-order valence-corrected chi connectivity index (χ0v) is 10.7. The Labute approximate surface area is 96.6 Å². The van der Waals surface area contributed by atoms with E-state index in [1.54, 1.807) is 11.8 Å². The van der Waals surface area contributed by atoms with Crippen molar-refractivity contribution in [3.05, 3.63) is 29.8 Å². The molecule has 0 bridgehead atoms. The summed E-state index contributed by atoms with van der Waals surface area (Å²) >= 11 is 1.75. The molecule has 0 radical (unpaired) electrons. The summed E-state index contributed by atoms with van der Waals surface area (Å²) in [5.41, 5.74) is 4.25. The van der Waals surface area contributed by atoms with Gasteiger partial charge in [0.15, 0.2) is 0 Å². The highest BCUT2D eigenvalue weighted by atomic mass is 32.2. The van der Waals surface area contributed by atoms with Gasteiger partial charge < -0.3 is 0 Å². The molecule has 84 valence electrons. The van der Waals surface area contributed by atoms with Gasteiger partial charge in [0.25, 0.3) is 0 Å². The molecule has 1 atom stereocenters. The highest BCUT2D eigenvalue weighted by molar-refractivity contribution is 7.98. The molecule has 0 saturated carbocycles. The first-order valence-corrected chi connectivity index (χ1v) is 6.31. The van der Waals surface area contributed by atoms with Crippen LogP contribution in [0.25, 0.3) is 0 Å². The van der Waals surface area contributed by atoms with Gasteiger partial charge in [0, 0.05) is 4.90 Å². The van der Waals surface area contributed by atoms with Gasteiger partial charge in [-0.05, 0) is 29.4 Å². The first kappa shape index (κ1) is 12.6. The summed E-state index contributed by atoms with van der Waals surface area (Å²) in [5, 5.41) is 0. The summed E-state index contributed by atoms with van der Waals surface area (Å²) in [5.74, 6) is 5.61. The highest BCUT2D eigenvalue weighted by Gasteiger charge is 2.24. The molecular formula is C12H20N2S. The Morgan fingerprint density at radius 3 is 2.07 bits per heavy atom. The van der Waals surface area contributed by atoms with Gasteiger partial charge in [-0.2, -0.15) is 0 Å². The van der Waals surface area contributed by atoms with Crippen LogP contribution in [0.15, 0.2) is 29.2 Å². The monoisotopic (exact) mass is 224 g/mol. The van der Waals surface area contributed by atoms with E-state index in [9.17, 15) is 0 Å². The second kappa shape index (κ2) is 5.01. The predicted octanol–water partition coefficient (Wildman–Crippen LogP) is 2.96. The summed E-state index contributed by atoms with van der Waals surface area (Å²) in [6.07, 6.45) is 2.08. The van der Waals surface area contributed by atoms with Crippen LogP contribution >= 0.6 is 11.8 Å². The van der Waals surface area contributed by atoms with Crippen molar-refractivity contribution in [1.29, 1.82) is 0 Å². The third kappa shape index (κ3) is 3.23. The van der Waals surface area contributed by atoms with E-state index in [0.717, 1.165) is 0 Å². The Balaban J connectivity index is 2.93. The number of rotatable bonds is 3. The van der Waals surface area contributed by atoms with Gasteiger partial charge in [-0.15, -0.1) is 11.8 Å². The highest BCUT2D eigenvalue weighted by Crippen LogP contribution is 2.32. The second-order valence-electron chi connectivity index (χ2n) is 4.74. The van der Waals surface area contributed by atoms with Gasteiger partial charge >= 0.3 is 0 Å². The van der Waals surface area contributed by atoms with E-state index in [1.165, 1.54) is 10.5 Å². The van der Waals surface area contributed by atoms with E-state index in [2.05, 4.69) is 56.7 Å². The number of hydrogen-bond acceptors (Lipinski definition) is 3. The second-order valence-corrected chi connectivity index (χ2v) is 5.62. The largest absolute Gasteiger partial charge is 0.271 e. The van der Waals surface area contributed by atoms with E-state index in [1.807, 2.05) is 0 Å². The molecule has 1 rings (SSSR count). The molecule has 3 heteroatoms. The van der Waals surface area contributed by atoms with Gasteiger partial charge in [0.05, 0.1) is 6.04 Å². The van der Waals surface area contributed by atoms with E-state index in [-0.39, 0.29) is 11.5 Å². The molecule has 3 N–H and O–H groups in total. The van der Waals surface area contributed by atoms with Gasteiger partial charge in [-0.1, -0.05) is 32.9 Å². The lowest BCUT2D eigenvalue weighted by Crippen LogP contribution is -2.36. The third-order valence-electron chi connectivity index (χ3n) is 2.48. The molecular weight excluding hydrogens is 204 g/mol. The van der Waals surface area contributed by atoms with Crippen molar-refractivity contribution in [3.8, 4) is 0 Å². The number of benzene rings is 1. The normalized spacial score (nSPS) is 13.9. The van der Waals surface area contributed by atoms with E-state index in [0.29, 0.717) is 0 Å². The molecule has 1 aromatic carbocycles. The first-order chi connectivity index (χ1) is 6.99. The summed E-state index contributed by atoms with van der Waals surface area (Å²) in [4.78, 5) is 1.28. The van der Waals surface area contributed by atoms with Crippen LogP contribution in [0.2, 0.25) is 0 Å². The van der Waals surface area contributed by atoms with Crippen molar-refractivity contribution >= 4 is 11.8 Å². The summed E-state index contributed by atoms with van der Waals surface area (Å²) in [7, 11) is 0. The molecule has 1 unspecified atom stereocenters. The van der Waals surface area contributed by atoms with Crippen molar-refractivity contribution in [3.63, 3.8) is 0 Å². The molecule has 0 spiro atoms. The number of nitrogens with two attached hydrogens (primary N) is 1. The Morgan fingerprint density at radius 2 is 1.73 bits per heavy atom. The summed E-state index contributed by atoms with van der Waals surface area (Å²) < 4.78 is 0. The lowest BCUT2D eigenvalue weighted by molar-refractivity contribution is 0.275. The van der Waals surface area contributed by atoms with Crippen molar-refractivity contribution < 1.29 is 0 Å². The molecule has 0 amide bonds. The van der Waals surface area contributed by atoms with Gasteiger partial charge in [-0.25, -0.2) is 0 Å². The molecule has 2 nitrogen and oxygen atoms in total. The van der Waals surface area contributed by atoms with Crippen molar-refractivity contribution in [2.24, 2.45) is 11.3 Å². The van der Waals surface area contributed by atoms with Crippen LogP contribution < -0.4 is 11.3 Å². The lowest BCUT2D eigenvalue weighted by Gasteiger charge is -2.30. The topological polar surface area (TPSA) is 38.0 Å². The van der Waals surface area contributed by atoms with E-state index >= 15 is 0 Å². The third-order valence-corrected chi connectivity index (χ3v) is 3.23. The molecule has 15 heavy (non-hydrogen) atoms. The maximum atomic E-state index is 5.61. The predicted molar refractivity (Wildman–Crippen MR) is 67.7 cm³/mol. The van der Waals surface area contributed by atoms with Crippen LogP contribution in [0.5, 0.6) is 0 Å². The average molecular weight is 224 g/mol. The number of hydrazine groups is 1. The Morgan fingerprint density at radius 1 is 1.20 bits per heavy atom. The molecule has 0 fully saturated rings. The van der Waals surface area contributed by atoms with Gasteiger partial charge in [0.2, 0.25) is 0 Å². The van der Waals surface area contributed by atoms with Crippen LogP contribution in [0.1, 0.15) is 32.4 Å². The molecule has 1 aromatic rings. The fourth-order valence-electron chi connectivity index (χ4n) is 1.64. The van der Waals surface area contributed by atoms with Crippen molar-refractivity contribution in [1.82, 2.24) is 5.43 Å². The lowest BCUT2D eigenvalue weighted by atomic mass is 9.83. The fraction of sp³-hybridized carbons (Fsp3) is 0.500. The van der Waals surface area contributed by atoms with E-state index < -0.39 is 0 Å². The Kier molecular flexibility index (Phi) is 4.20. The molecule has 0 heterocycles. The zero-order chi connectivity index (χ0) is 11.5. The van der Waals surface area contributed by atoms with Gasteiger partial charge in [-0.3, -0.25) is 11.3 Å². The standard InChI is InChI=1S/C12H20N2S/c1-12(2,3)11(14-13)9-5-7-10(15-4)8-6-9/h5-8,11,14H,13H2,1-4H3. The average Bonchev–Trinajstić information content (AvgIpc) is 2.18. The molecule has 0 saturated heterocycles. The number of hydrogen-bond donors (Lipinski definition) is 2. The quantitative estimate of drug-likeness (QED) is 0.471. The van der Waals surface area contributed by atoms with Crippen LogP contribution in [0.4, 0.5) is 0 Å². The van der Waals surface area contributed by atoms with Gasteiger partial charge in [0.1, 0.15) is 0 Å². The van der Waals surface area contributed by atoms with Crippen LogP contribution in [0.3, 0.4) is 0 Å². The molecule has 0 aliphatic carbocycles. The van der Waals surface area contributed by atoms with Crippen LogP contribution in [-0.2, 0) is 0 Å². The first-order valence-electron chi connectivity index (χ1n) is 5.09. The van der Waals surface area contributed by atoms with Crippen molar-refractivity contribution in [2.45, 2.75) is 31.7 Å². The maximum absolute atomic E-state index is 5.61. The van der Waals surface area contributed by atoms with Crippen molar-refractivity contribution in [2.75, 3.05) is 6.26 Å². The number of nitrogens with one attached hydrogen (secondary N) is 1. The van der Waals surface area contributed by atoms with Crippen LogP contribution in [-0.4, -0.2) is 6.26 Å². The maximum Gasteiger partial charge on any atom is 0.0508 e.